The number of hydrogen-bond donors (Lipinski definition) is 1. The van der Waals surface area contributed by atoms with E-state index in [9.17, 15) is 31.1 Å². The lowest BCUT2D eigenvalue weighted by molar-refractivity contribution is -0.205. The fraction of sp³-hybridized carbons (Fsp3) is 0.250. The number of ketones is 1. The molecule has 2 rings (SSSR count). The van der Waals surface area contributed by atoms with Gasteiger partial charge >= 0.3 is 12.4 Å². The number of carbonyl (C=O) groups is 1. The van der Waals surface area contributed by atoms with Crippen LogP contribution in [0.25, 0.3) is 0 Å². The molecule has 0 fully saturated rings. The van der Waals surface area contributed by atoms with Crippen molar-refractivity contribution in [3.63, 3.8) is 0 Å². The van der Waals surface area contributed by atoms with E-state index in [2.05, 4.69) is 31.9 Å². The Morgan fingerprint density at radius 1 is 1.00 bits per heavy atom. The molecule has 1 unspecified atom stereocenters. The Hall–Kier alpha value is -0.430. The van der Waals surface area contributed by atoms with Crippen molar-refractivity contribution < 1.29 is 36.2 Å². The Morgan fingerprint density at radius 3 is 1.83 bits per heavy atom. The van der Waals surface area contributed by atoms with Gasteiger partial charge < -0.3 is 5.11 Å². The normalized spacial score (nSPS) is 13.2. The van der Waals surface area contributed by atoms with Crippen molar-refractivity contribution in [1.29, 1.82) is 0 Å². The number of thiophene rings is 2. The van der Waals surface area contributed by atoms with Gasteiger partial charge in [0.1, 0.15) is 0 Å². The smallest absolute Gasteiger partial charge is 0.379 e. The predicted octanol–water partition coefficient (Wildman–Crippen LogP) is 6.36. The molecule has 0 bridgehead atoms. The number of rotatable bonds is 2. The maximum atomic E-state index is 11.9. The van der Waals surface area contributed by atoms with Crippen molar-refractivity contribution in [1.82, 2.24) is 0 Å². The van der Waals surface area contributed by atoms with Crippen LogP contribution >= 0.6 is 54.5 Å². The van der Waals surface area contributed by atoms with Crippen LogP contribution in [0.4, 0.5) is 26.3 Å². The number of Topliss-reactive ketones (excluding diaryl/α,β-unsaturated/α-hetero) is 1. The zero-order chi connectivity index (χ0) is 18.7. The van der Waals surface area contributed by atoms with Crippen LogP contribution in [0.1, 0.15) is 20.7 Å². The van der Waals surface area contributed by atoms with Crippen LogP contribution < -0.4 is 0 Å². The zero-order valence-electron chi connectivity index (χ0n) is 11.1. The van der Waals surface area contributed by atoms with Gasteiger partial charge in [0.25, 0.3) is 5.78 Å². The number of halogens is 8. The Morgan fingerprint density at radius 2 is 1.50 bits per heavy atom. The molecule has 2 heterocycles. The standard InChI is InChI=1S/C6H4BrF3OS.C6H2BrF3OS/c2*7-3-1-4(12-2-3)5(11)6(8,9)10/h1-2,5,11H;1-2H. The van der Waals surface area contributed by atoms with Gasteiger partial charge in [0.15, 0.2) is 6.10 Å². The van der Waals surface area contributed by atoms with Gasteiger partial charge in [-0.2, -0.15) is 26.3 Å². The van der Waals surface area contributed by atoms with Crippen LogP contribution in [-0.2, 0) is 0 Å². The highest BCUT2D eigenvalue weighted by Gasteiger charge is 2.40. The van der Waals surface area contributed by atoms with Crippen LogP contribution in [0, 0.1) is 0 Å². The molecule has 0 amide bonds. The zero-order valence-corrected chi connectivity index (χ0v) is 15.9. The first-order valence-corrected chi connectivity index (χ1v) is 9.01. The fourth-order valence-corrected chi connectivity index (χ4v) is 4.04. The minimum Gasteiger partial charge on any atom is -0.379 e. The molecule has 0 aromatic carbocycles. The number of hydrogen-bond acceptors (Lipinski definition) is 4. The first kappa shape index (κ1) is 21.6. The lowest BCUT2D eigenvalue weighted by Gasteiger charge is -2.11. The third-order valence-electron chi connectivity index (χ3n) is 2.22. The summed E-state index contributed by atoms with van der Waals surface area (Å²) in [6.45, 7) is 0. The molecule has 0 radical (unpaired) electrons. The molecule has 134 valence electrons. The van der Waals surface area contributed by atoms with Gasteiger partial charge in [0.2, 0.25) is 0 Å². The molecule has 0 spiro atoms. The first-order chi connectivity index (χ1) is 10.8. The van der Waals surface area contributed by atoms with Gasteiger partial charge in [-0.3, -0.25) is 4.79 Å². The molecule has 2 aromatic rings. The first-order valence-electron chi connectivity index (χ1n) is 5.66. The largest absolute Gasteiger partial charge is 0.455 e. The summed E-state index contributed by atoms with van der Waals surface area (Å²) in [6, 6.07) is 2.41. The predicted molar refractivity (Wildman–Crippen MR) is 85.4 cm³/mol. The van der Waals surface area contributed by atoms with Crippen molar-refractivity contribution >= 4 is 60.3 Å². The molecule has 2 aromatic heterocycles. The van der Waals surface area contributed by atoms with Crippen molar-refractivity contribution in [3.8, 4) is 0 Å². The summed E-state index contributed by atoms with van der Waals surface area (Å²) in [7, 11) is 0. The Balaban J connectivity index is 0.000000240. The highest BCUT2D eigenvalue weighted by atomic mass is 79.9. The Bertz CT molecular complexity index is 692. The summed E-state index contributed by atoms with van der Waals surface area (Å²) in [5.74, 6) is -1.79. The van der Waals surface area contributed by atoms with Crippen molar-refractivity contribution in [2.45, 2.75) is 18.5 Å². The van der Waals surface area contributed by atoms with Crippen LogP contribution in [0.3, 0.4) is 0 Å². The molecule has 1 N–H and O–H groups in total. The second-order valence-corrected chi connectivity index (χ2v) is 7.75. The third kappa shape index (κ3) is 6.47. The molecule has 12 heteroatoms. The lowest BCUT2D eigenvalue weighted by Crippen LogP contribution is -2.21. The van der Waals surface area contributed by atoms with Gasteiger partial charge in [0.05, 0.1) is 4.88 Å². The van der Waals surface area contributed by atoms with Gasteiger partial charge in [-0.1, -0.05) is 0 Å². The van der Waals surface area contributed by atoms with Gasteiger partial charge in [-0.05, 0) is 44.0 Å². The van der Waals surface area contributed by atoms with E-state index in [4.69, 9.17) is 5.11 Å². The maximum absolute atomic E-state index is 11.9. The summed E-state index contributed by atoms with van der Waals surface area (Å²) in [5.41, 5.74) is 0. The van der Waals surface area contributed by atoms with E-state index in [-0.39, 0.29) is 9.75 Å². The molecule has 0 aliphatic heterocycles. The van der Waals surface area contributed by atoms with E-state index in [1.54, 1.807) is 0 Å². The van der Waals surface area contributed by atoms with E-state index in [0.717, 1.165) is 28.7 Å². The summed E-state index contributed by atoms with van der Waals surface area (Å²) in [6.07, 6.45) is -11.7. The van der Waals surface area contributed by atoms with E-state index in [0.29, 0.717) is 8.95 Å². The molecule has 2 nitrogen and oxygen atoms in total. The molecule has 0 saturated carbocycles. The lowest BCUT2D eigenvalue weighted by atomic mass is 10.3. The highest BCUT2D eigenvalue weighted by Crippen LogP contribution is 2.36. The Kier molecular flexibility index (Phi) is 7.47. The molecular formula is C12H6Br2F6O2S2. The van der Waals surface area contributed by atoms with Crippen molar-refractivity contribution in [2.75, 3.05) is 0 Å². The quantitative estimate of drug-likeness (QED) is 0.370. The monoisotopic (exact) mass is 518 g/mol. The van der Waals surface area contributed by atoms with Crippen LogP contribution in [0.2, 0.25) is 0 Å². The van der Waals surface area contributed by atoms with E-state index < -0.39 is 24.2 Å². The van der Waals surface area contributed by atoms with E-state index in [1.165, 1.54) is 16.8 Å². The summed E-state index contributed by atoms with van der Waals surface area (Å²) < 4.78 is 72.0. The SMILES string of the molecule is O=C(c1cc(Br)cs1)C(F)(F)F.OC(c1cc(Br)cs1)C(F)(F)F. The summed E-state index contributed by atoms with van der Waals surface area (Å²) >= 11 is 7.59. The Labute approximate surface area is 156 Å². The number of aliphatic hydroxyl groups excluding tert-OH is 1. The van der Waals surface area contributed by atoms with Gasteiger partial charge in [0, 0.05) is 24.6 Å². The third-order valence-corrected chi connectivity index (χ3v) is 5.65. The molecular weight excluding hydrogens is 514 g/mol. The van der Waals surface area contributed by atoms with E-state index in [1.807, 2.05) is 0 Å². The topological polar surface area (TPSA) is 37.3 Å². The minimum absolute atomic E-state index is 0.102. The van der Waals surface area contributed by atoms with Crippen LogP contribution in [-0.4, -0.2) is 23.2 Å². The minimum atomic E-state index is -4.77. The molecule has 0 saturated heterocycles. The number of carbonyl (C=O) groups excluding carboxylic acids is 1. The number of aliphatic hydroxyl groups is 1. The fourth-order valence-electron chi connectivity index (χ4n) is 1.20. The summed E-state index contributed by atoms with van der Waals surface area (Å²) in [5, 5.41) is 11.7. The molecule has 0 aliphatic rings. The summed E-state index contributed by atoms with van der Waals surface area (Å²) in [4.78, 5) is 10.1. The van der Waals surface area contributed by atoms with Gasteiger partial charge in [-0.25, -0.2) is 0 Å². The van der Waals surface area contributed by atoms with Crippen molar-refractivity contribution in [2.24, 2.45) is 0 Å². The average molecular weight is 520 g/mol. The van der Waals surface area contributed by atoms with Gasteiger partial charge in [-0.15, -0.1) is 22.7 Å². The second-order valence-electron chi connectivity index (χ2n) is 4.07. The van der Waals surface area contributed by atoms with Crippen LogP contribution in [0.5, 0.6) is 0 Å². The second kappa shape index (κ2) is 8.30. The molecule has 1 atom stereocenters. The molecule has 0 aliphatic carbocycles. The average Bonchev–Trinajstić information content (AvgIpc) is 3.04. The van der Waals surface area contributed by atoms with Crippen LogP contribution in [0.15, 0.2) is 31.8 Å². The maximum Gasteiger partial charge on any atom is 0.455 e. The number of alkyl halides is 6. The van der Waals surface area contributed by atoms with Crippen molar-refractivity contribution in [3.05, 3.63) is 41.6 Å². The highest BCUT2D eigenvalue weighted by molar-refractivity contribution is 9.10. The van der Waals surface area contributed by atoms with E-state index >= 15 is 0 Å². The molecule has 24 heavy (non-hydrogen) atoms.